The highest BCUT2D eigenvalue weighted by atomic mass is 35.5. The van der Waals surface area contributed by atoms with Gasteiger partial charge in [0.05, 0.1) is 17.2 Å². The fraction of sp³-hybridized carbons (Fsp3) is 0.0769. The molecule has 0 spiro atoms. The highest BCUT2D eigenvalue weighted by Crippen LogP contribution is 2.37. The largest absolute Gasteiger partial charge is 0.480 e. The molecule has 0 atom stereocenters. The van der Waals surface area contributed by atoms with E-state index in [1.165, 1.54) is 25.4 Å². The maximum Gasteiger partial charge on any atom is 0.341 e. The Balaban J connectivity index is 2.65. The number of carboxylic acids is 1. The van der Waals surface area contributed by atoms with Gasteiger partial charge in [0.1, 0.15) is 5.56 Å². The first-order chi connectivity index (χ1) is 9.43. The van der Waals surface area contributed by atoms with E-state index in [-0.39, 0.29) is 21.5 Å². The van der Waals surface area contributed by atoms with E-state index >= 15 is 0 Å². The zero-order valence-corrected chi connectivity index (χ0v) is 12.4. The Morgan fingerprint density at radius 3 is 2.55 bits per heavy atom. The minimum atomic E-state index is -1.15. The third kappa shape index (κ3) is 2.82. The number of methoxy groups -OCH3 is 1. The average molecular weight is 333 g/mol. The number of pyridine rings is 1. The van der Waals surface area contributed by atoms with Crippen LogP contribution in [0.15, 0.2) is 24.4 Å². The molecule has 1 N–H and O–H groups in total. The van der Waals surface area contributed by atoms with Gasteiger partial charge in [-0.05, 0) is 18.2 Å². The standard InChI is InChI=1S/C13H8Cl3NO3/c1-20-12-9(13(18)19)2-6(5-17-12)8-3-7(14)4-10(15)11(8)16/h2-5H,1H3,(H,18,19). The van der Waals surface area contributed by atoms with Gasteiger partial charge in [-0.25, -0.2) is 9.78 Å². The molecule has 0 saturated heterocycles. The molecule has 4 nitrogen and oxygen atoms in total. The number of benzene rings is 1. The number of carboxylic acid groups (broad SMARTS) is 1. The number of aromatic carboxylic acids is 1. The first-order valence-electron chi connectivity index (χ1n) is 5.36. The van der Waals surface area contributed by atoms with Gasteiger partial charge in [0.2, 0.25) is 5.88 Å². The van der Waals surface area contributed by atoms with Crippen molar-refractivity contribution in [1.29, 1.82) is 0 Å². The Morgan fingerprint density at radius 1 is 1.25 bits per heavy atom. The first-order valence-corrected chi connectivity index (χ1v) is 6.49. The predicted octanol–water partition coefficient (Wildman–Crippen LogP) is 4.42. The van der Waals surface area contributed by atoms with Gasteiger partial charge in [-0.2, -0.15) is 0 Å². The predicted molar refractivity (Wildman–Crippen MR) is 78.2 cm³/mol. The Labute approximate surface area is 129 Å². The third-order valence-electron chi connectivity index (χ3n) is 2.58. The van der Waals surface area contributed by atoms with Crippen LogP contribution in [0.2, 0.25) is 15.1 Å². The van der Waals surface area contributed by atoms with Crippen molar-refractivity contribution in [3.05, 3.63) is 45.0 Å². The lowest BCUT2D eigenvalue weighted by atomic mass is 10.1. The molecule has 0 aliphatic heterocycles. The molecule has 7 heteroatoms. The van der Waals surface area contributed by atoms with Crippen LogP contribution < -0.4 is 4.74 Å². The summed E-state index contributed by atoms with van der Waals surface area (Å²) in [7, 11) is 1.34. The molecule has 0 radical (unpaired) electrons. The summed E-state index contributed by atoms with van der Waals surface area (Å²) in [5.41, 5.74) is 0.914. The molecule has 0 aliphatic carbocycles. The van der Waals surface area contributed by atoms with Gasteiger partial charge in [-0.3, -0.25) is 0 Å². The van der Waals surface area contributed by atoms with Gasteiger partial charge in [0, 0.05) is 22.3 Å². The van der Waals surface area contributed by atoms with Crippen LogP contribution in [-0.2, 0) is 0 Å². The summed E-state index contributed by atoms with van der Waals surface area (Å²) in [6.45, 7) is 0. The van der Waals surface area contributed by atoms with Gasteiger partial charge in [0.25, 0.3) is 0 Å². The molecule has 0 bridgehead atoms. The van der Waals surface area contributed by atoms with Crippen LogP contribution >= 0.6 is 34.8 Å². The zero-order valence-electron chi connectivity index (χ0n) is 10.2. The van der Waals surface area contributed by atoms with Crippen molar-refractivity contribution >= 4 is 40.8 Å². The number of nitrogens with zero attached hydrogens (tertiary/aromatic N) is 1. The van der Waals surface area contributed by atoms with Gasteiger partial charge in [-0.15, -0.1) is 0 Å². The summed E-state index contributed by atoms with van der Waals surface area (Å²) >= 11 is 18.0. The maximum absolute atomic E-state index is 11.2. The highest BCUT2D eigenvalue weighted by Gasteiger charge is 2.16. The second kappa shape index (κ2) is 5.87. The topological polar surface area (TPSA) is 59.4 Å². The molecule has 1 heterocycles. The Kier molecular flexibility index (Phi) is 4.38. The molecular weight excluding hydrogens is 325 g/mol. The van der Waals surface area contributed by atoms with Crippen LogP contribution in [0.4, 0.5) is 0 Å². The summed E-state index contributed by atoms with van der Waals surface area (Å²) in [6.07, 6.45) is 1.44. The Hall–Kier alpha value is -1.49. The third-order valence-corrected chi connectivity index (χ3v) is 3.60. The van der Waals surface area contributed by atoms with Crippen LogP contribution in [0.25, 0.3) is 11.1 Å². The monoisotopic (exact) mass is 331 g/mol. The quantitative estimate of drug-likeness (QED) is 0.845. The van der Waals surface area contributed by atoms with Crippen LogP contribution in [0.1, 0.15) is 10.4 Å². The van der Waals surface area contributed by atoms with Gasteiger partial charge < -0.3 is 9.84 Å². The van der Waals surface area contributed by atoms with Crippen molar-refractivity contribution in [3.63, 3.8) is 0 Å². The average Bonchev–Trinajstić information content (AvgIpc) is 2.42. The maximum atomic E-state index is 11.2. The second-order valence-electron chi connectivity index (χ2n) is 3.84. The van der Waals surface area contributed by atoms with Crippen molar-refractivity contribution in [1.82, 2.24) is 4.98 Å². The summed E-state index contributed by atoms with van der Waals surface area (Å²) in [4.78, 5) is 15.1. The lowest BCUT2D eigenvalue weighted by Gasteiger charge is -2.09. The van der Waals surface area contributed by atoms with E-state index in [2.05, 4.69) is 4.98 Å². The molecule has 0 amide bonds. The van der Waals surface area contributed by atoms with Crippen molar-refractivity contribution in [2.45, 2.75) is 0 Å². The number of carbonyl (C=O) groups is 1. The molecule has 1 aromatic carbocycles. The fourth-order valence-corrected chi connectivity index (χ4v) is 2.39. The highest BCUT2D eigenvalue weighted by molar-refractivity contribution is 6.45. The van der Waals surface area contributed by atoms with Gasteiger partial charge in [0.15, 0.2) is 0 Å². The van der Waals surface area contributed by atoms with E-state index < -0.39 is 5.97 Å². The minimum Gasteiger partial charge on any atom is -0.480 e. The lowest BCUT2D eigenvalue weighted by molar-refractivity contribution is 0.0692. The van der Waals surface area contributed by atoms with Crippen LogP contribution in [0.3, 0.4) is 0 Å². The first kappa shape index (κ1) is 14.9. The number of hydrogen-bond acceptors (Lipinski definition) is 3. The second-order valence-corrected chi connectivity index (χ2v) is 5.06. The molecule has 104 valence electrons. The smallest absolute Gasteiger partial charge is 0.341 e. The number of halogens is 3. The molecule has 0 saturated carbocycles. The van der Waals surface area contributed by atoms with Gasteiger partial charge >= 0.3 is 5.97 Å². The van der Waals surface area contributed by atoms with E-state index in [1.54, 1.807) is 6.07 Å². The summed E-state index contributed by atoms with van der Waals surface area (Å²) in [5.74, 6) is -1.13. The van der Waals surface area contributed by atoms with Crippen molar-refractivity contribution in [2.24, 2.45) is 0 Å². The van der Waals surface area contributed by atoms with Crippen molar-refractivity contribution in [2.75, 3.05) is 7.11 Å². The van der Waals surface area contributed by atoms with E-state index in [1.807, 2.05) is 0 Å². The lowest BCUT2D eigenvalue weighted by Crippen LogP contribution is -2.02. The van der Waals surface area contributed by atoms with E-state index in [0.717, 1.165) is 0 Å². The van der Waals surface area contributed by atoms with Crippen LogP contribution in [0, 0.1) is 0 Å². The Morgan fingerprint density at radius 2 is 1.95 bits per heavy atom. The fourth-order valence-electron chi connectivity index (χ4n) is 1.68. The zero-order chi connectivity index (χ0) is 14.9. The molecule has 1 aromatic heterocycles. The molecule has 2 rings (SSSR count). The van der Waals surface area contributed by atoms with Gasteiger partial charge in [-0.1, -0.05) is 34.8 Å². The Bertz CT molecular complexity index is 689. The number of aromatic nitrogens is 1. The summed E-state index contributed by atoms with van der Waals surface area (Å²) < 4.78 is 4.90. The normalized spacial score (nSPS) is 10.4. The van der Waals surface area contributed by atoms with Crippen LogP contribution in [-0.4, -0.2) is 23.2 Å². The summed E-state index contributed by atoms with van der Waals surface area (Å²) in [5, 5.41) is 10.1. The number of hydrogen-bond donors (Lipinski definition) is 1. The minimum absolute atomic E-state index is 0.0190. The van der Waals surface area contributed by atoms with E-state index in [4.69, 9.17) is 44.6 Å². The van der Waals surface area contributed by atoms with E-state index in [9.17, 15) is 4.79 Å². The molecule has 2 aromatic rings. The molecule has 0 fully saturated rings. The number of rotatable bonds is 3. The number of ether oxygens (including phenoxy) is 1. The SMILES string of the molecule is COc1ncc(-c2cc(Cl)cc(Cl)c2Cl)cc1C(=O)O. The van der Waals surface area contributed by atoms with Crippen LogP contribution in [0.5, 0.6) is 5.88 Å². The van der Waals surface area contributed by atoms with Crippen molar-refractivity contribution < 1.29 is 14.6 Å². The molecule has 0 unspecified atom stereocenters. The molecule has 0 aliphatic rings. The molecule has 20 heavy (non-hydrogen) atoms. The summed E-state index contributed by atoms with van der Waals surface area (Å²) in [6, 6.07) is 4.50. The van der Waals surface area contributed by atoms with E-state index in [0.29, 0.717) is 16.1 Å². The molecular formula is C13H8Cl3NO3. The van der Waals surface area contributed by atoms with Crippen molar-refractivity contribution in [3.8, 4) is 17.0 Å².